The molecule has 2 aromatic rings. The highest BCUT2D eigenvalue weighted by Crippen LogP contribution is 2.10. The van der Waals surface area contributed by atoms with Crippen LogP contribution in [0.5, 0.6) is 0 Å². The largest absolute Gasteiger partial charge is 0.326 e. The molecule has 0 bridgehead atoms. The Labute approximate surface area is 125 Å². The van der Waals surface area contributed by atoms with Crippen LogP contribution in [-0.4, -0.2) is 15.9 Å². The van der Waals surface area contributed by atoms with E-state index in [1.165, 1.54) is 0 Å². The van der Waals surface area contributed by atoms with Crippen LogP contribution in [0.15, 0.2) is 59.5 Å². The lowest BCUT2D eigenvalue weighted by Crippen LogP contribution is -2.14. The van der Waals surface area contributed by atoms with Gasteiger partial charge in [-0.2, -0.15) is 5.26 Å². The van der Waals surface area contributed by atoms with Gasteiger partial charge < -0.3 is 5.32 Å². The molecule has 0 heterocycles. The molecule has 0 fully saturated rings. The molecule has 0 aliphatic carbocycles. The number of benzene rings is 2. The Balaban J connectivity index is 1.85. The molecule has 2 rings (SSSR count). The van der Waals surface area contributed by atoms with E-state index in [1.807, 2.05) is 24.3 Å². The van der Waals surface area contributed by atoms with E-state index in [9.17, 15) is 9.00 Å². The van der Waals surface area contributed by atoms with Crippen LogP contribution >= 0.6 is 0 Å². The van der Waals surface area contributed by atoms with E-state index in [-0.39, 0.29) is 18.1 Å². The average molecular weight is 298 g/mol. The molecular weight excluding hydrogens is 284 g/mol. The summed E-state index contributed by atoms with van der Waals surface area (Å²) in [7, 11) is -1.17. The zero-order valence-electron chi connectivity index (χ0n) is 11.3. The lowest BCUT2D eigenvalue weighted by atomic mass is 10.2. The Morgan fingerprint density at radius 1 is 1.10 bits per heavy atom. The van der Waals surface area contributed by atoms with Gasteiger partial charge in [-0.05, 0) is 36.4 Å². The van der Waals surface area contributed by atoms with E-state index in [2.05, 4.69) is 5.32 Å². The van der Waals surface area contributed by atoms with E-state index in [0.29, 0.717) is 11.3 Å². The van der Waals surface area contributed by atoms with Gasteiger partial charge in [0.05, 0.1) is 22.4 Å². The SMILES string of the molecule is N#Cc1ccc(NC(=O)CCS(=O)c2ccccc2)cc1. The van der Waals surface area contributed by atoms with Gasteiger partial charge in [-0.3, -0.25) is 9.00 Å². The van der Waals surface area contributed by atoms with Crippen molar-refractivity contribution in [3.05, 3.63) is 60.2 Å². The number of amides is 1. The first-order valence-electron chi connectivity index (χ1n) is 6.42. The monoisotopic (exact) mass is 298 g/mol. The fraction of sp³-hybridized carbons (Fsp3) is 0.125. The average Bonchev–Trinajstić information content (AvgIpc) is 2.54. The third-order valence-electron chi connectivity index (χ3n) is 2.82. The summed E-state index contributed by atoms with van der Waals surface area (Å²) in [4.78, 5) is 12.5. The fourth-order valence-electron chi connectivity index (χ4n) is 1.73. The Morgan fingerprint density at radius 2 is 1.76 bits per heavy atom. The minimum Gasteiger partial charge on any atom is -0.326 e. The lowest BCUT2D eigenvalue weighted by molar-refractivity contribution is -0.115. The molecule has 1 N–H and O–H groups in total. The van der Waals surface area contributed by atoms with Crippen molar-refractivity contribution in [1.82, 2.24) is 0 Å². The molecule has 1 atom stereocenters. The van der Waals surface area contributed by atoms with Gasteiger partial charge in [-0.1, -0.05) is 18.2 Å². The Morgan fingerprint density at radius 3 is 2.38 bits per heavy atom. The highest BCUT2D eigenvalue weighted by atomic mass is 32.2. The maximum absolute atomic E-state index is 12.0. The molecule has 0 saturated heterocycles. The normalized spacial score (nSPS) is 11.4. The summed E-state index contributed by atoms with van der Waals surface area (Å²) in [6.07, 6.45) is 0.182. The lowest BCUT2D eigenvalue weighted by Gasteiger charge is -2.05. The number of carbonyl (C=O) groups is 1. The molecule has 5 heteroatoms. The quantitative estimate of drug-likeness (QED) is 0.922. The smallest absolute Gasteiger partial charge is 0.225 e. The van der Waals surface area contributed by atoms with Crippen LogP contribution in [-0.2, 0) is 15.6 Å². The zero-order chi connectivity index (χ0) is 15.1. The Hall–Kier alpha value is -2.45. The highest BCUT2D eigenvalue weighted by Gasteiger charge is 2.08. The molecule has 4 nitrogen and oxygen atoms in total. The van der Waals surface area contributed by atoms with Crippen molar-refractivity contribution in [1.29, 1.82) is 5.26 Å². The van der Waals surface area contributed by atoms with Gasteiger partial charge in [-0.25, -0.2) is 0 Å². The second kappa shape index (κ2) is 7.36. The van der Waals surface area contributed by atoms with E-state index in [1.54, 1.807) is 36.4 Å². The first kappa shape index (κ1) is 14.9. The predicted octanol–water partition coefficient (Wildman–Crippen LogP) is 2.69. The van der Waals surface area contributed by atoms with Crippen LogP contribution in [0.2, 0.25) is 0 Å². The van der Waals surface area contributed by atoms with E-state index in [4.69, 9.17) is 5.26 Å². The molecule has 0 saturated carbocycles. The molecule has 0 aliphatic rings. The summed E-state index contributed by atoms with van der Waals surface area (Å²) in [5.41, 5.74) is 1.17. The van der Waals surface area contributed by atoms with Crippen molar-refractivity contribution in [3.63, 3.8) is 0 Å². The summed E-state index contributed by atoms with van der Waals surface area (Å²) >= 11 is 0. The van der Waals surface area contributed by atoms with Gasteiger partial charge in [0.15, 0.2) is 0 Å². The fourth-order valence-corrected chi connectivity index (χ4v) is 2.79. The van der Waals surface area contributed by atoms with Crippen molar-refractivity contribution in [2.45, 2.75) is 11.3 Å². The van der Waals surface area contributed by atoms with E-state index < -0.39 is 10.8 Å². The third kappa shape index (κ3) is 4.55. The number of hydrogen-bond acceptors (Lipinski definition) is 3. The molecule has 0 aromatic heterocycles. The molecule has 106 valence electrons. The second-order valence-corrected chi connectivity index (χ2v) is 5.92. The predicted molar refractivity (Wildman–Crippen MR) is 82.1 cm³/mol. The highest BCUT2D eigenvalue weighted by molar-refractivity contribution is 7.85. The van der Waals surface area contributed by atoms with Crippen molar-refractivity contribution >= 4 is 22.4 Å². The maximum atomic E-state index is 12.0. The third-order valence-corrected chi connectivity index (χ3v) is 4.19. The van der Waals surface area contributed by atoms with Crippen LogP contribution in [0.1, 0.15) is 12.0 Å². The summed E-state index contributed by atoms with van der Waals surface area (Å²) < 4.78 is 12.0. The Kier molecular flexibility index (Phi) is 5.24. The van der Waals surface area contributed by atoms with Gasteiger partial charge in [0.2, 0.25) is 5.91 Å². The van der Waals surface area contributed by atoms with Crippen LogP contribution in [0.4, 0.5) is 5.69 Å². The number of nitrogens with one attached hydrogen (secondary N) is 1. The number of nitriles is 1. The van der Waals surface area contributed by atoms with Gasteiger partial charge in [-0.15, -0.1) is 0 Å². The van der Waals surface area contributed by atoms with Crippen molar-refractivity contribution < 1.29 is 9.00 Å². The van der Waals surface area contributed by atoms with E-state index >= 15 is 0 Å². The molecule has 0 radical (unpaired) electrons. The van der Waals surface area contributed by atoms with Gasteiger partial charge in [0.25, 0.3) is 0 Å². The van der Waals surface area contributed by atoms with Crippen molar-refractivity contribution in [2.24, 2.45) is 0 Å². The van der Waals surface area contributed by atoms with Crippen molar-refractivity contribution in [3.8, 4) is 6.07 Å². The summed E-state index contributed by atoms with van der Waals surface area (Å²) in [5.74, 6) is 0.0931. The maximum Gasteiger partial charge on any atom is 0.225 e. The first-order valence-corrected chi connectivity index (χ1v) is 7.74. The standard InChI is InChI=1S/C16H14N2O2S/c17-12-13-6-8-14(9-7-13)18-16(19)10-11-21(20)15-4-2-1-3-5-15/h1-9H,10-11H2,(H,18,19). The van der Waals surface area contributed by atoms with Gasteiger partial charge in [0.1, 0.15) is 0 Å². The Bertz CT molecular complexity index is 676. The first-order chi connectivity index (χ1) is 10.2. The van der Waals surface area contributed by atoms with Crippen LogP contribution in [0.25, 0.3) is 0 Å². The second-order valence-electron chi connectivity index (χ2n) is 4.35. The number of rotatable bonds is 5. The van der Waals surface area contributed by atoms with Crippen LogP contribution in [0.3, 0.4) is 0 Å². The topological polar surface area (TPSA) is 70.0 Å². The molecule has 21 heavy (non-hydrogen) atoms. The summed E-state index contributed by atoms with van der Waals surface area (Å²) in [5, 5.41) is 11.4. The number of carbonyl (C=O) groups excluding carboxylic acids is 1. The number of hydrogen-bond donors (Lipinski definition) is 1. The molecule has 0 spiro atoms. The number of anilines is 1. The number of nitrogens with zero attached hydrogens (tertiary/aromatic N) is 1. The van der Waals surface area contributed by atoms with Gasteiger partial charge in [0, 0.05) is 22.8 Å². The molecule has 2 aromatic carbocycles. The van der Waals surface area contributed by atoms with Crippen LogP contribution < -0.4 is 5.32 Å². The molecule has 1 unspecified atom stereocenters. The minimum atomic E-state index is -1.17. The van der Waals surface area contributed by atoms with Crippen molar-refractivity contribution in [2.75, 3.05) is 11.1 Å². The zero-order valence-corrected chi connectivity index (χ0v) is 12.1. The van der Waals surface area contributed by atoms with Crippen LogP contribution in [0, 0.1) is 11.3 Å². The molecule has 1 amide bonds. The van der Waals surface area contributed by atoms with Gasteiger partial charge >= 0.3 is 0 Å². The molecule has 0 aliphatic heterocycles. The molecular formula is C16H14N2O2S. The summed E-state index contributed by atoms with van der Waals surface area (Å²) in [6, 6.07) is 17.7. The summed E-state index contributed by atoms with van der Waals surface area (Å²) in [6.45, 7) is 0. The minimum absolute atomic E-state index is 0.182. The van der Waals surface area contributed by atoms with E-state index in [0.717, 1.165) is 4.90 Å².